The highest BCUT2D eigenvalue weighted by Crippen LogP contribution is 2.26. The zero-order valence-corrected chi connectivity index (χ0v) is 34.6. The van der Waals surface area contributed by atoms with E-state index in [9.17, 15) is 40.5 Å². The zero-order chi connectivity index (χ0) is 41.0. The molecule has 2 aliphatic heterocycles. The number of ether oxygens (including phenoxy) is 6. The summed E-state index contributed by atoms with van der Waals surface area (Å²) < 4.78 is 34.0. The highest BCUT2D eigenvalue weighted by atomic mass is 16.7. The first-order valence-corrected chi connectivity index (χ1v) is 22.1. The van der Waals surface area contributed by atoms with E-state index >= 15 is 0 Å². The second-order valence-corrected chi connectivity index (χ2v) is 15.9. The van der Waals surface area contributed by atoms with E-state index in [4.69, 9.17) is 28.4 Å². The molecule has 0 spiro atoms. The van der Waals surface area contributed by atoms with Gasteiger partial charge >= 0.3 is 5.97 Å². The number of esters is 1. The molecule has 14 heteroatoms. The van der Waals surface area contributed by atoms with E-state index in [1.165, 1.54) is 96.3 Å². The highest BCUT2D eigenvalue weighted by molar-refractivity contribution is 5.69. The van der Waals surface area contributed by atoms with E-state index in [0.29, 0.717) is 13.0 Å². The number of hydrogen-bond acceptors (Lipinski definition) is 14. The quantitative estimate of drug-likeness (QED) is 0.0351. The fourth-order valence-electron chi connectivity index (χ4n) is 7.17. The van der Waals surface area contributed by atoms with Crippen molar-refractivity contribution in [2.75, 3.05) is 33.0 Å². The summed E-state index contributed by atoms with van der Waals surface area (Å²) in [4.78, 5) is 12.8. The van der Waals surface area contributed by atoms with Crippen molar-refractivity contribution in [1.82, 2.24) is 0 Å². The molecule has 0 amide bonds. The van der Waals surface area contributed by atoms with Gasteiger partial charge in [0.2, 0.25) is 0 Å². The summed E-state index contributed by atoms with van der Waals surface area (Å²) in [6.07, 6.45) is 10.6. The minimum Gasteiger partial charge on any atom is -0.457 e. The SMILES string of the molecule is CCCCCCCCCCCCCCCCCOCC(COC1OC(COC2OC(CO)C(O)C(O)C2O)C(O)C(O)C1O)OC(=O)CCCCCCCCC. The number of aliphatic hydroxyl groups excluding tert-OH is 7. The maximum Gasteiger partial charge on any atom is 0.306 e. The second-order valence-electron chi connectivity index (χ2n) is 15.9. The Kier molecular flexibility index (Phi) is 29.1. The summed E-state index contributed by atoms with van der Waals surface area (Å²) in [5, 5.41) is 71.7. The van der Waals surface area contributed by atoms with Crippen LogP contribution in [0.25, 0.3) is 0 Å². The lowest BCUT2D eigenvalue weighted by Crippen LogP contribution is -2.61. The highest BCUT2D eigenvalue weighted by Gasteiger charge is 2.47. The second kappa shape index (κ2) is 31.9. The van der Waals surface area contributed by atoms with Crippen LogP contribution in [0.5, 0.6) is 0 Å². The maximum atomic E-state index is 12.8. The van der Waals surface area contributed by atoms with Crippen LogP contribution in [0.1, 0.15) is 162 Å². The van der Waals surface area contributed by atoms with Crippen LogP contribution >= 0.6 is 0 Å². The van der Waals surface area contributed by atoms with Gasteiger partial charge in [0.05, 0.1) is 26.4 Å². The van der Waals surface area contributed by atoms with Gasteiger partial charge in [-0.15, -0.1) is 0 Å². The topological polar surface area (TPSA) is 214 Å². The first-order valence-electron chi connectivity index (χ1n) is 22.1. The van der Waals surface area contributed by atoms with Gasteiger partial charge in [-0.2, -0.15) is 0 Å². The van der Waals surface area contributed by atoms with Gasteiger partial charge in [-0.3, -0.25) is 4.79 Å². The number of carbonyl (C=O) groups is 1. The van der Waals surface area contributed by atoms with Gasteiger partial charge in [0.15, 0.2) is 12.6 Å². The van der Waals surface area contributed by atoms with Gasteiger partial charge in [-0.05, 0) is 12.8 Å². The fourth-order valence-corrected chi connectivity index (χ4v) is 7.17. The van der Waals surface area contributed by atoms with Crippen LogP contribution in [-0.2, 0) is 33.2 Å². The Morgan fingerprint density at radius 2 is 0.946 bits per heavy atom. The molecular weight excluding hydrogens is 728 g/mol. The molecule has 2 aliphatic rings. The Bertz CT molecular complexity index is 943. The number of carbonyl (C=O) groups excluding carboxylic acids is 1. The van der Waals surface area contributed by atoms with E-state index in [1.54, 1.807) is 0 Å². The molecule has 2 saturated heterocycles. The summed E-state index contributed by atoms with van der Waals surface area (Å²) >= 11 is 0. The van der Waals surface area contributed by atoms with Gasteiger partial charge in [0, 0.05) is 13.0 Å². The van der Waals surface area contributed by atoms with Crippen molar-refractivity contribution in [2.45, 2.75) is 229 Å². The van der Waals surface area contributed by atoms with Crippen LogP contribution in [0.15, 0.2) is 0 Å². The third kappa shape index (κ3) is 20.8. The van der Waals surface area contributed by atoms with Crippen molar-refractivity contribution in [2.24, 2.45) is 0 Å². The summed E-state index contributed by atoms with van der Waals surface area (Å²) in [6, 6.07) is 0. The first-order chi connectivity index (χ1) is 27.1. The van der Waals surface area contributed by atoms with E-state index in [-0.39, 0.29) is 25.6 Å². The lowest BCUT2D eigenvalue weighted by Gasteiger charge is -2.42. The smallest absolute Gasteiger partial charge is 0.306 e. The summed E-state index contributed by atoms with van der Waals surface area (Å²) in [5.41, 5.74) is 0. The van der Waals surface area contributed by atoms with Crippen molar-refractivity contribution in [3.05, 3.63) is 0 Å². The third-order valence-corrected chi connectivity index (χ3v) is 10.9. The van der Waals surface area contributed by atoms with Crippen LogP contribution in [0.3, 0.4) is 0 Å². The van der Waals surface area contributed by atoms with Crippen molar-refractivity contribution >= 4 is 5.97 Å². The summed E-state index contributed by atoms with van der Waals surface area (Å²) in [5.74, 6) is -0.380. The van der Waals surface area contributed by atoms with E-state index in [2.05, 4.69) is 13.8 Å². The normalized spacial score (nSPS) is 28.7. The largest absolute Gasteiger partial charge is 0.457 e. The predicted octanol–water partition coefficient (Wildman–Crippen LogP) is 4.57. The average Bonchev–Trinajstić information content (AvgIpc) is 3.19. The Hall–Kier alpha value is -1.01. The number of rotatable bonds is 34. The molecular formula is C42H80O14. The molecule has 7 N–H and O–H groups in total. The molecule has 2 heterocycles. The van der Waals surface area contributed by atoms with Gasteiger partial charge in [0.25, 0.3) is 0 Å². The molecule has 0 aromatic heterocycles. The van der Waals surface area contributed by atoms with Crippen LogP contribution in [0.4, 0.5) is 0 Å². The lowest BCUT2D eigenvalue weighted by atomic mass is 9.98. The molecule has 11 atom stereocenters. The summed E-state index contributed by atoms with van der Waals surface area (Å²) in [6.45, 7) is 3.65. The Morgan fingerprint density at radius 1 is 0.518 bits per heavy atom. The zero-order valence-electron chi connectivity index (χ0n) is 34.6. The predicted molar refractivity (Wildman–Crippen MR) is 211 cm³/mol. The van der Waals surface area contributed by atoms with E-state index in [0.717, 1.165) is 38.5 Å². The van der Waals surface area contributed by atoms with Crippen molar-refractivity contribution < 1.29 is 69.0 Å². The van der Waals surface area contributed by atoms with E-state index < -0.39 is 80.7 Å². The van der Waals surface area contributed by atoms with Gasteiger partial charge < -0.3 is 64.2 Å². The van der Waals surface area contributed by atoms with Crippen LogP contribution in [0, 0.1) is 0 Å². The Balaban J connectivity index is 1.78. The maximum absolute atomic E-state index is 12.8. The molecule has 0 aromatic carbocycles. The fraction of sp³-hybridized carbons (Fsp3) is 0.976. The molecule has 11 unspecified atom stereocenters. The number of unbranched alkanes of at least 4 members (excludes halogenated alkanes) is 20. The third-order valence-electron chi connectivity index (χ3n) is 10.9. The Labute approximate surface area is 336 Å². The summed E-state index contributed by atoms with van der Waals surface area (Å²) in [7, 11) is 0. The molecule has 0 radical (unpaired) electrons. The number of hydrogen-bond donors (Lipinski definition) is 7. The van der Waals surface area contributed by atoms with Gasteiger partial charge in [-0.25, -0.2) is 0 Å². The molecule has 0 aliphatic carbocycles. The standard InChI is InChI=1S/C42H80O14/c1-3-5-7-9-11-12-13-14-15-16-17-18-20-22-24-26-51-28-31(54-34(44)25-23-21-19-10-8-6-4-2)29-52-41-40(50)38(48)36(46)33(56-41)30-53-42-39(49)37(47)35(45)32(27-43)55-42/h31-33,35-43,45-50H,3-30H2,1-2H3. The van der Waals surface area contributed by atoms with E-state index in [1.807, 2.05) is 0 Å². The van der Waals surface area contributed by atoms with Gasteiger partial charge in [0.1, 0.15) is 54.9 Å². The molecule has 14 nitrogen and oxygen atoms in total. The molecule has 2 fully saturated rings. The van der Waals surface area contributed by atoms with Crippen LogP contribution < -0.4 is 0 Å². The van der Waals surface area contributed by atoms with Crippen LogP contribution in [-0.4, -0.2) is 142 Å². The minimum absolute atomic E-state index is 0.0685. The van der Waals surface area contributed by atoms with Crippen molar-refractivity contribution in [3.8, 4) is 0 Å². The Morgan fingerprint density at radius 3 is 1.45 bits per heavy atom. The van der Waals surface area contributed by atoms with Gasteiger partial charge in [-0.1, -0.05) is 142 Å². The first kappa shape index (κ1) is 51.1. The minimum atomic E-state index is -1.70. The lowest BCUT2D eigenvalue weighted by molar-refractivity contribution is -0.332. The molecule has 0 bridgehead atoms. The molecule has 0 aromatic rings. The van der Waals surface area contributed by atoms with Crippen molar-refractivity contribution in [3.63, 3.8) is 0 Å². The molecule has 56 heavy (non-hydrogen) atoms. The monoisotopic (exact) mass is 809 g/mol. The average molecular weight is 809 g/mol. The molecule has 2 rings (SSSR count). The van der Waals surface area contributed by atoms with Crippen molar-refractivity contribution in [1.29, 1.82) is 0 Å². The molecule has 0 saturated carbocycles. The van der Waals surface area contributed by atoms with Crippen LogP contribution in [0.2, 0.25) is 0 Å². The number of aliphatic hydroxyl groups is 7. The molecule has 332 valence electrons.